The molecule has 0 aliphatic rings. The summed E-state index contributed by atoms with van der Waals surface area (Å²) in [7, 11) is -1.32. The van der Waals surface area contributed by atoms with Crippen molar-refractivity contribution < 1.29 is 9.00 Å². The topological polar surface area (TPSA) is 82.8 Å². The normalized spacial score (nSPS) is 11.6. The molecular formula is C12H15N3O2S. The van der Waals surface area contributed by atoms with Crippen molar-refractivity contribution in [1.82, 2.24) is 10.3 Å². The van der Waals surface area contributed by atoms with Gasteiger partial charge in [-0.05, 0) is 12.5 Å². The van der Waals surface area contributed by atoms with Crippen LogP contribution in [-0.2, 0) is 21.3 Å². The van der Waals surface area contributed by atoms with Crippen LogP contribution in [0.25, 0.3) is 0 Å². The molecule has 1 atom stereocenters. The third-order valence-electron chi connectivity index (χ3n) is 2.18. The lowest BCUT2D eigenvalue weighted by Crippen LogP contribution is -2.29. The number of carbonyl (C=O) groups excluding carboxylic acids is 1. The highest BCUT2D eigenvalue weighted by Gasteiger charge is 2.11. The van der Waals surface area contributed by atoms with E-state index < -0.39 is 10.8 Å². The number of nitrogens with one attached hydrogen (secondary N) is 1. The zero-order chi connectivity index (χ0) is 13.4. The van der Waals surface area contributed by atoms with E-state index >= 15 is 0 Å². The first-order valence-electron chi connectivity index (χ1n) is 5.63. The van der Waals surface area contributed by atoms with Crippen LogP contribution in [0.4, 0.5) is 0 Å². The Morgan fingerprint density at radius 1 is 1.61 bits per heavy atom. The van der Waals surface area contributed by atoms with Crippen molar-refractivity contribution in [3.8, 4) is 6.07 Å². The van der Waals surface area contributed by atoms with Crippen molar-refractivity contribution in [2.45, 2.75) is 19.1 Å². The zero-order valence-corrected chi connectivity index (χ0v) is 11.0. The third kappa shape index (κ3) is 4.63. The van der Waals surface area contributed by atoms with E-state index in [0.29, 0.717) is 12.1 Å². The van der Waals surface area contributed by atoms with Gasteiger partial charge in [-0.3, -0.25) is 9.00 Å². The van der Waals surface area contributed by atoms with Gasteiger partial charge in [0.25, 0.3) is 0 Å². The van der Waals surface area contributed by atoms with Crippen molar-refractivity contribution in [3.05, 3.63) is 29.6 Å². The van der Waals surface area contributed by atoms with Crippen molar-refractivity contribution in [3.63, 3.8) is 0 Å². The fraction of sp³-hybridized carbons (Fsp3) is 0.417. The number of rotatable bonds is 6. The van der Waals surface area contributed by atoms with Gasteiger partial charge in [0, 0.05) is 29.1 Å². The van der Waals surface area contributed by atoms with Crippen molar-refractivity contribution >= 4 is 16.7 Å². The van der Waals surface area contributed by atoms with E-state index in [2.05, 4.69) is 10.3 Å². The van der Waals surface area contributed by atoms with E-state index in [-0.39, 0.29) is 23.1 Å². The molecule has 1 rings (SSSR count). The van der Waals surface area contributed by atoms with Gasteiger partial charge >= 0.3 is 0 Å². The highest BCUT2D eigenvalue weighted by Crippen LogP contribution is 2.07. The molecule has 1 amide bonds. The van der Waals surface area contributed by atoms with Gasteiger partial charge in [0.1, 0.15) is 17.5 Å². The van der Waals surface area contributed by atoms with Crippen molar-refractivity contribution in [2.75, 3.05) is 12.3 Å². The number of nitrogens with zero attached hydrogens (tertiary/aromatic N) is 2. The molecule has 0 aromatic carbocycles. The van der Waals surface area contributed by atoms with Crippen LogP contribution in [0.5, 0.6) is 0 Å². The van der Waals surface area contributed by atoms with Gasteiger partial charge in [0.05, 0.1) is 5.75 Å². The van der Waals surface area contributed by atoms with Gasteiger partial charge in [0.15, 0.2) is 0 Å². The Hall–Kier alpha value is -1.74. The Morgan fingerprint density at radius 3 is 3.06 bits per heavy atom. The van der Waals surface area contributed by atoms with E-state index in [1.807, 2.05) is 13.0 Å². The first kappa shape index (κ1) is 14.3. The van der Waals surface area contributed by atoms with Crippen LogP contribution >= 0.6 is 0 Å². The summed E-state index contributed by atoms with van der Waals surface area (Å²) in [6.45, 7) is 2.54. The molecule has 1 aromatic rings. The number of aromatic nitrogens is 1. The van der Waals surface area contributed by atoms with Gasteiger partial charge < -0.3 is 5.32 Å². The number of pyridine rings is 1. The minimum atomic E-state index is -1.32. The molecule has 0 spiro atoms. The molecule has 1 heterocycles. The summed E-state index contributed by atoms with van der Waals surface area (Å²) in [5.41, 5.74) is 0.876. The van der Waals surface area contributed by atoms with Crippen molar-refractivity contribution in [1.29, 1.82) is 5.26 Å². The Kier molecular flexibility index (Phi) is 6.01. The smallest absolute Gasteiger partial charge is 0.232 e. The molecule has 18 heavy (non-hydrogen) atoms. The SMILES string of the molecule is CCCNC(=O)CS(=O)Cc1cccnc1C#N. The highest BCUT2D eigenvalue weighted by molar-refractivity contribution is 7.84. The average Bonchev–Trinajstić information content (AvgIpc) is 2.36. The molecule has 1 N–H and O–H groups in total. The van der Waals surface area contributed by atoms with Crippen LogP contribution in [0.2, 0.25) is 0 Å². The summed E-state index contributed by atoms with van der Waals surface area (Å²) in [6, 6.07) is 5.33. The second-order valence-electron chi connectivity index (χ2n) is 3.70. The molecule has 1 aromatic heterocycles. The van der Waals surface area contributed by atoms with Gasteiger partial charge in [0.2, 0.25) is 5.91 Å². The van der Waals surface area contributed by atoms with Crippen LogP contribution in [0, 0.1) is 11.3 Å². The first-order chi connectivity index (χ1) is 8.67. The Labute approximate surface area is 109 Å². The van der Waals surface area contributed by atoms with Crippen LogP contribution in [0.3, 0.4) is 0 Å². The second kappa shape index (κ2) is 7.56. The zero-order valence-electron chi connectivity index (χ0n) is 10.2. The summed E-state index contributed by atoms with van der Waals surface area (Å²) in [5.74, 6) is -0.0895. The lowest BCUT2D eigenvalue weighted by atomic mass is 10.2. The lowest BCUT2D eigenvalue weighted by Gasteiger charge is -2.04. The van der Waals surface area contributed by atoms with Crippen LogP contribution in [-0.4, -0.2) is 27.4 Å². The molecular weight excluding hydrogens is 250 g/mol. The van der Waals surface area contributed by atoms with Crippen molar-refractivity contribution in [2.24, 2.45) is 0 Å². The number of hydrogen-bond donors (Lipinski definition) is 1. The molecule has 96 valence electrons. The predicted octanol–water partition coefficient (Wildman–Crippen LogP) is 0.728. The summed E-state index contributed by atoms with van der Waals surface area (Å²) < 4.78 is 11.8. The first-order valence-corrected chi connectivity index (χ1v) is 7.11. The highest BCUT2D eigenvalue weighted by atomic mass is 32.2. The minimum absolute atomic E-state index is 0.0419. The molecule has 0 saturated heterocycles. The molecule has 0 bridgehead atoms. The number of nitriles is 1. The van der Waals surface area contributed by atoms with Crippen LogP contribution in [0.15, 0.2) is 18.3 Å². The molecule has 0 aliphatic carbocycles. The largest absolute Gasteiger partial charge is 0.355 e. The summed E-state index contributed by atoms with van der Waals surface area (Å²) >= 11 is 0. The maximum atomic E-state index is 11.8. The summed E-state index contributed by atoms with van der Waals surface area (Å²) in [4.78, 5) is 15.3. The molecule has 0 fully saturated rings. The van der Waals surface area contributed by atoms with E-state index in [0.717, 1.165) is 6.42 Å². The molecule has 5 nitrogen and oxygen atoms in total. The van der Waals surface area contributed by atoms with Gasteiger partial charge in [-0.15, -0.1) is 0 Å². The predicted molar refractivity (Wildman–Crippen MR) is 69.0 cm³/mol. The molecule has 0 aliphatic heterocycles. The van der Waals surface area contributed by atoms with Gasteiger partial charge in [-0.25, -0.2) is 4.98 Å². The minimum Gasteiger partial charge on any atom is -0.355 e. The third-order valence-corrected chi connectivity index (χ3v) is 3.40. The second-order valence-corrected chi connectivity index (χ2v) is 5.16. The average molecular weight is 265 g/mol. The van der Waals surface area contributed by atoms with Gasteiger partial charge in [-0.2, -0.15) is 5.26 Å². The number of hydrogen-bond acceptors (Lipinski definition) is 4. The summed E-state index contributed by atoms with van der Waals surface area (Å²) in [6.07, 6.45) is 2.36. The molecule has 1 unspecified atom stereocenters. The van der Waals surface area contributed by atoms with Gasteiger partial charge in [-0.1, -0.05) is 13.0 Å². The summed E-state index contributed by atoms with van der Waals surface area (Å²) in [5, 5.41) is 11.5. The Balaban J connectivity index is 2.55. The molecule has 6 heteroatoms. The maximum Gasteiger partial charge on any atom is 0.232 e. The number of amides is 1. The monoisotopic (exact) mass is 265 g/mol. The van der Waals surface area contributed by atoms with E-state index in [4.69, 9.17) is 5.26 Å². The fourth-order valence-corrected chi connectivity index (χ4v) is 2.42. The van der Waals surface area contributed by atoms with Crippen LogP contribution in [0.1, 0.15) is 24.6 Å². The molecule has 0 saturated carbocycles. The number of carbonyl (C=O) groups is 1. The quantitative estimate of drug-likeness (QED) is 0.822. The lowest BCUT2D eigenvalue weighted by molar-refractivity contribution is -0.118. The Bertz CT molecular complexity index is 482. The Morgan fingerprint density at radius 2 is 2.39 bits per heavy atom. The van der Waals surface area contributed by atoms with Crippen LogP contribution < -0.4 is 5.32 Å². The van der Waals surface area contributed by atoms with E-state index in [9.17, 15) is 9.00 Å². The van der Waals surface area contributed by atoms with E-state index in [1.165, 1.54) is 6.20 Å². The van der Waals surface area contributed by atoms with E-state index in [1.54, 1.807) is 12.1 Å². The fourth-order valence-electron chi connectivity index (χ4n) is 1.34. The molecule has 0 radical (unpaired) electrons. The standard InChI is InChI=1S/C12H15N3O2S/c1-2-5-15-12(16)9-18(17)8-10-4-3-6-14-11(10)7-13/h3-4,6H,2,5,8-9H2,1H3,(H,15,16). The maximum absolute atomic E-state index is 11.8.